The largest absolute Gasteiger partial charge is 0.445 e. The van der Waals surface area contributed by atoms with Crippen molar-refractivity contribution >= 4 is 6.09 Å². The van der Waals surface area contributed by atoms with Gasteiger partial charge in [-0.3, -0.25) is 0 Å². The first-order valence-electron chi connectivity index (χ1n) is 6.93. The number of hydrogen-bond acceptors (Lipinski definition) is 3. The smallest absolute Gasteiger partial charge is 0.416 e. The molecule has 1 saturated heterocycles. The van der Waals surface area contributed by atoms with Crippen LogP contribution in [0, 0.1) is 11.3 Å². The quantitative estimate of drug-likeness (QED) is 0.836. The van der Waals surface area contributed by atoms with Crippen molar-refractivity contribution in [3.8, 4) is 6.07 Å². The van der Waals surface area contributed by atoms with Crippen molar-refractivity contribution in [3.63, 3.8) is 0 Å². The minimum atomic E-state index is -4.54. The van der Waals surface area contributed by atoms with Gasteiger partial charge in [0.1, 0.15) is 6.61 Å². The van der Waals surface area contributed by atoms with Gasteiger partial charge < -0.3 is 9.64 Å². The maximum atomic E-state index is 12.7. The molecule has 0 N–H and O–H groups in total. The second-order valence-corrected chi connectivity index (χ2v) is 5.13. The Balaban J connectivity index is 2.06. The molecular formula is C15H15F3N2O2. The zero-order valence-electron chi connectivity index (χ0n) is 11.8. The Bertz CT molecular complexity index is 587. The van der Waals surface area contributed by atoms with Crippen molar-refractivity contribution in [2.24, 2.45) is 0 Å². The molecule has 0 aromatic heterocycles. The average Bonchev–Trinajstić information content (AvgIpc) is 2.52. The lowest BCUT2D eigenvalue weighted by molar-refractivity contribution is -0.137. The van der Waals surface area contributed by atoms with Crippen molar-refractivity contribution in [3.05, 3.63) is 34.9 Å². The molecule has 7 heteroatoms. The van der Waals surface area contributed by atoms with E-state index < -0.39 is 17.8 Å². The zero-order chi connectivity index (χ0) is 16.2. The van der Waals surface area contributed by atoms with Gasteiger partial charge >= 0.3 is 12.3 Å². The molecule has 0 saturated carbocycles. The second kappa shape index (κ2) is 6.69. The average molecular weight is 312 g/mol. The van der Waals surface area contributed by atoms with Gasteiger partial charge in [0.05, 0.1) is 17.2 Å². The number of ether oxygens (including phenoxy) is 1. The molecule has 0 aliphatic carbocycles. The number of alkyl halides is 3. The molecule has 1 aliphatic heterocycles. The highest BCUT2D eigenvalue weighted by Gasteiger charge is 2.31. The maximum absolute atomic E-state index is 12.7. The van der Waals surface area contributed by atoms with Gasteiger partial charge in [0.2, 0.25) is 0 Å². The topological polar surface area (TPSA) is 53.3 Å². The molecule has 0 atom stereocenters. The van der Waals surface area contributed by atoms with Gasteiger partial charge in [-0.1, -0.05) is 0 Å². The third kappa shape index (κ3) is 4.13. The summed E-state index contributed by atoms with van der Waals surface area (Å²) in [5, 5.41) is 8.80. The molecule has 1 aliphatic rings. The van der Waals surface area contributed by atoms with Crippen LogP contribution in [0.15, 0.2) is 18.2 Å². The number of benzene rings is 1. The molecule has 118 valence electrons. The normalized spacial score (nSPS) is 15.3. The first-order valence-corrected chi connectivity index (χ1v) is 6.93. The van der Waals surface area contributed by atoms with Crippen LogP contribution in [0.4, 0.5) is 18.0 Å². The van der Waals surface area contributed by atoms with E-state index in [9.17, 15) is 18.0 Å². The molecule has 0 bridgehead atoms. The lowest BCUT2D eigenvalue weighted by Crippen LogP contribution is -2.35. The SMILES string of the molecule is N#Cc1cc(COC(=O)N2CCCCC2)cc(C(F)(F)F)c1. The molecule has 0 unspecified atom stereocenters. The highest BCUT2D eigenvalue weighted by atomic mass is 19.4. The molecule has 1 fully saturated rings. The summed E-state index contributed by atoms with van der Waals surface area (Å²) >= 11 is 0. The number of rotatable bonds is 2. The summed E-state index contributed by atoms with van der Waals surface area (Å²) in [7, 11) is 0. The van der Waals surface area contributed by atoms with Crippen LogP contribution in [0.25, 0.3) is 0 Å². The molecule has 22 heavy (non-hydrogen) atoms. The van der Waals surface area contributed by atoms with Crippen LogP contribution in [0.5, 0.6) is 0 Å². The summed E-state index contributed by atoms with van der Waals surface area (Å²) in [6.07, 6.45) is -2.22. The lowest BCUT2D eigenvalue weighted by atomic mass is 10.1. The summed E-state index contributed by atoms with van der Waals surface area (Å²) in [5.74, 6) is 0. The number of carbonyl (C=O) groups excluding carboxylic acids is 1. The molecular weight excluding hydrogens is 297 g/mol. The van der Waals surface area contributed by atoms with Crippen molar-refractivity contribution in [1.29, 1.82) is 5.26 Å². The fraction of sp³-hybridized carbons (Fsp3) is 0.467. The zero-order valence-corrected chi connectivity index (χ0v) is 11.8. The molecule has 4 nitrogen and oxygen atoms in total. The Hall–Kier alpha value is -2.23. The monoisotopic (exact) mass is 312 g/mol. The minimum absolute atomic E-state index is 0.112. The minimum Gasteiger partial charge on any atom is -0.445 e. The Labute approximate surface area is 126 Å². The Morgan fingerprint density at radius 2 is 1.91 bits per heavy atom. The summed E-state index contributed by atoms with van der Waals surface area (Å²) in [4.78, 5) is 13.4. The van der Waals surface area contributed by atoms with Gasteiger partial charge in [0, 0.05) is 13.1 Å². The van der Waals surface area contributed by atoms with Gasteiger partial charge in [-0.15, -0.1) is 0 Å². The summed E-state index contributed by atoms with van der Waals surface area (Å²) in [5.41, 5.74) is -0.883. The molecule has 1 amide bonds. The number of hydrogen-bond donors (Lipinski definition) is 0. The Morgan fingerprint density at radius 1 is 1.23 bits per heavy atom. The van der Waals surface area contributed by atoms with E-state index in [0.717, 1.165) is 31.4 Å². The third-order valence-electron chi connectivity index (χ3n) is 3.43. The summed E-state index contributed by atoms with van der Waals surface area (Å²) in [6.45, 7) is 0.920. The van der Waals surface area contributed by atoms with Crippen LogP contribution in [0.2, 0.25) is 0 Å². The lowest BCUT2D eigenvalue weighted by Gasteiger charge is -2.25. The summed E-state index contributed by atoms with van der Waals surface area (Å²) in [6, 6.07) is 4.64. The number of piperidine rings is 1. The second-order valence-electron chi connectivity index (χ2n) is 5.13. The number of nitriles is 1. The highest BCUT2D eigenvalue weighted by Crippen LogP contribution is 2.30. The van der Waals surface area contributed by atoms with Gasteiger partial charge in [0.25, 0.3) is 0 Å². The summed E-state index contributed by atoms with van der Waals surface area (Å²) < 4.78 is 43.3. The Kier molecular flexibility index (Phi) is 4.91. The molecule has 2 rings (SSSR count). The van der Waals surface area contributed by atoms with Crippen LogP contribution in [-0.2, 0) is 17.5 Å². The maximum Gasteiger partial charge on any atom is 0.416 e. The van der Waals surface area contributed by atoms with Crippen LogP contribution >= 0.6 is 0 Å². The van der Waals surface area contributed by atoms with E-state index in [4.69, 9.17) is 10.00 Å². The van der Waals surface area contributed by atoms with Crippen LogP contribution < -0.4 is 0 Å². The Morgan fingerprint density at radius 3 is 2.50 bits per heavy atom. The van der Waals surface area contributed by atoms with Crippen LogP contribution in [0.1, 0.15) is 36.0 Å². The number of halogens is 3. The van der Waals surface area contributed by atoms with E-state index in [1.54, 1.807) is 11.0 Å². The van der Waals surface area contributed by atoms with Gasteiger partial charge in [-0.2, -0.15) is 18.4 Å². The number of amides is 1. The van der Waals surface area contributed by atoms with Gasteiger partial charge in [0.15, 0.2) is 0 Å². The predicted molar refractivity (Wildman–Crippen MR) is 71.8 cm³/mol. The van der Waals surface area contributed by atoms with E-state index in [2.05, 4.69) is 0 Å². The van der Waals surface area contributed by atoms with E-state index in [-0.39, 0.29) is 17.7 Å². The fourth-order valence-electron chi connectivity index (χ4n) is 2.32. The van der Waals surface area contributed by atoms with Crippen LogP contribution in [-0.4, -0.2) is 24.1 Å². The molecule has 1 aromatic rings. The van der Waals surface area contributed by atoms with E-state index in [1.807, 2.05) is 0 Å². The van der Waals surface area contributed by atoms with Gasteiger partial charge in [-0.25, -0.2) is 4.79 Å². The number of likely N-dealkylation sites (tertiary alicyclic amines) is 1. The predicted octanol–water partition coefficient (Wildman–Crippen LogP) is 3.70. The number of carbonyl (C=O) groups is 1. The van der Waals surface area contributed by atoms with Crippen molar-refractivity contribution in [2.45, 2.75) is 32.0 Å². The first kappa shape index (κ1) is 16.1. The molecule has 1 aromatic carbocycles. The van der Waals surface area contributed by atoms with Crippen LogP contribution in [0.3, 0.4) is 0 Å². The van der Waals surface area contributed by atoms with Crippen molar-refractivity contribution in [2.75, 3.05) is 13.1 Å². The van der Waals surface area contributed by atoms with Crippen molar-refractivity contribution in [1.82, 2.24) is 4.90 Å². The van der Waals surface area contributed by atoms with E-state index >= 15 is 0 Å². The van der Waals surface area contributed by atoms with E-state index in [0.29, 0.717) is 13.1 Å². The highest BCUT2D eigenvalue weighted by molar-refractivity contribution is 5.67. The fourth-order valence-corrected chi connectivity index (χ4v) is 2.32. The third-order valence-corrected chi connectivity index (χ3v) is 3.43. The standard InChI is InChI=1S/C15H15F3N2O2/c16-15(17,18)13-7-11(9-19)6-12(8-13)10-22-14(21)20-4-2-1-3-5-20/h6-8H,1-5,10H2. The molecule has 0 spiro atoms. The molecule has 0 radical (unpaired) electrons. The molecule has 1 heterocycles. The number of nitrogens with zero attached hydrogens (tertiary/aromatic N) is 2. The van der Waals surface area contributed by atoms with Crippen molar-refractivity contribution < 1.29 is 22.7 Å². The van der Waals surface area contributed by atoms with E-state index in [1.165, 1.54) is 6.07 Å². The van der Waals surface area contributed by atoms with Gasteiger partial charge in [-0.05, 0) is 43.0 Å². The first-order chi connectivity index (χ1) is 10.4.